The van der Waals surface area contributed by atoms with Crippen molar-refractivity contribution in [1.82, 2.24) is 0 Å². The Bertz CT molecular complexity index is 502. The molecule has 5 heteroatoms. The van der Waals surface area contributed by atoms with Gasteiger partial charge in [0.15, 0.2) is 11.6 Å². The third-order valence-electron chi connectivity index (χ3n) is 3.38. The van der Waals surface area contributed by atoms with Crippen LogP contribution >= 0.6 is 0 Å². The van der Waals surface area contributed by atoms with Crippen LogP contribution in [0.5, 0.6) is 5.75 Å². The summed E-state index contributed by atoms with van der Waals surface area (Å²) in [6.07, 6.45) is 4.40. The molecule has 0 amide bonds. The Labute approximate surface area is 137 Å². The topological polar surface area (TPSA) is 52.6 Å². The summed E-state index contributed by atoms with van der Waals surface area (Å²) in [6, 6.07) is 5.66. The van der Waals surface area contributed by atoms with Gasteiger partial charge in [0.1, 0.15) is 6.10 Å². The van der Waals surface area contributed by atoms with Crippen LogP contribution in [0.4, 0.5) is 4.39 Å². The van der Waals surface area contributed by atoms with Crippen LogP contribution in [-0.2, 0) is 14.3 Å². The van der Waals surface area contributed by atoms with E-state index in [0.29, 0.717) is 0 Å². The van der Waals surface area contributed by atoms with Crippen molar-refractivity contribution in [2.24, 2.45) is 0 Å². The Morgan fingerprint density at radius 3 is 2.39 bits per heavy atom. The second-order valence-corrected chi connectivity index (χ2v) is 5.45. The molecule has 0 radical (unpaired) electrons. The minimum absolute atomic E-state index is 0.0559. The third-order valence-corrected chi connectivity index (χ3v) is 3.38. The maximum absolute atomic E-state index is 13.4. The maximum Gasteiger partial charge on any atom is 0.311 e. The summed E-state index contributed by atoms with van der Waals surface area (Å²) in [5, 5.41) is 0. The number of hydrogen-bond donors (Lipinski definition) is 0. The molecule has 1 aromatic carbocycles. The summed E-state index contributed by atoms with van der Waals surface area (Å²) < 4.78 is 23.6. The molecule has 0 aliphatic rings. The van der Waals surface area contributed by atoms with Gasteiger partial charge in [-0.15, -0.1) is 0 Å². The van der Waals surface area contributed by atoms with Gasteiger partial charge in [-0.2, -0.15) is 0 Å². The van der Waals surface area contributed by atoms with Gasteiger partial charge in [0.05, 0.1) is 12.8 Å². The molecule has 0 aliphatic carbocycles. The Hall–Kier alpha value is -1.91. The van der Waals surface area contributed by atoms with Crippen LogP contribution in [-0.4, -0.2) is 18.0 Å². The van der Waals surface area contributed by atoms with E-state index in [1.54, 1.807) is 6.07 Å². The quantitative estimate of drug-likeness (QED) is 0.472. The smallest absolute Gasteiger partial charge is 0.311 e. The maximum atomic E-state index is 13.4. The van der Waals surface area contributed by atoms with Gasteiger partial charge in [-0.25, -0.2) is 4.39 Å². The number of carbonyl (C=O) groups excluding carboxylic acids is 2. The van der Waals surface area contributed by atoms with Gasteiger partial charge in [0.25, 0.3) is 0 Å². The van der Waals surface area contributed by atoms with Crippen molar-refractivity contribution in [2.45, 2.75) is 64.9 Å². The van der Waals surface area contributed by atoms with E-state index < -0.39 is 17.8 Å². The number of esters is 2. The Balaban J connectivity index is 2.36. The van der Waals surface area contributed by atoms with Gasteiger partial charge < -0.3 is 9.47 Å². The highest BCUT2D eigenvalue weighted by Crippen LogP contribution is 2.17. The first-order chi connectivity index (χ1) is 11.1. The average molecular weight is 324 g/mol. The molecule has 0 bridgehead atoms. The van der Waals surface area contributed by atoms with Crippen LogP contribution in [0.15, 0.2) is 24.3 Å². The fourth-order valence-corrected chi connectivity index (χ4v) is 2.17. The monoisotopic (exact) mass is 324 g/mol. The second-order valence-electron chi connectivity index (χ2n) is 5.45. The molecule has 1 unspecified atom stereocenters. The number of halogens is 1. The van der Waals surface area contributed by atoms with Crippen LogP contribution in [0.1, 0.15) is 58.8 Å². The van der Waals surface area contributed by atoms with Crippen LogP contribution in [0, 0.1) is 5.82 Å². The van der Waals surface area contributed by atoms with Crippen LogP contribution in [0.3, 0.4) is 0 Å². The largest absolute Gasteiger partial charge is 0.462 e. The summed E-state index contributed by atoms with van der Waals surface area (Å²) in [7, 11) is 0. The van der Waals surface area contributed by atoms with E-state index in [0.717, 1.165) is 32.1 Å². The SMILES string of the molecule is CCCCC(CCC)OC(=O)CCC(=O)Oc1ccccc1F. The van der Waals surface area contributed by atoms with Gasteiger partial charge in [0, 0.05) is 0 Å². The summed E-state index contributed by atoms with van der Waals surface area (Å²) in [6.45, 7) is 4.13. The number of para-hydroxylation sites is 1. The molecule has 23 heavy (non-hydrogen) atoms. The first-order valence-corrected chi connectivity index (χ1v) is 8.21. The van der Waals surface area contributed by atoms with E-state index in [9.17, 15) is 14.0 Å². The molecular formula is C18H25FO4. The van der Waals surface area contributed by atoms with Gasteiger partial charge >= 0.3 is 11.9 Å². The molecule has 4 nitrogen and oxygen atoms in total. The van der Waals surface area contributed by atoms with Gasteiger partial charge in [-0.05, 0) is 25.0 Å². The number of benzene rings is 1. The molecule has 0 spiro atoms. The Morgan fingerprint density at radius 1 is 1.04 bits per heavy atom. The van der Waals surface area contributed by atoms with Gasteiger partial charge in [-0.3, -0.25) is 9.59 Å². The standard InChI is InChI=1S/C18H25FO4/c1-3-5-9-14(8-4-2)22-17(20)12-13-18(21)23-16-11-7-6-10-15(16)19/h6-7,10-11,14H,3-5,8-9,12-13H2,1-2H3. The molecule has 0 saturated heterocycles. The molecule has 0 heterocycles. The lowest BCUT2D eigenvalue weighted by molar-refractivity contribution is -0.152. The number of carbonyl (C=O) groups is 2. The molecule has 1 atom stereocenters. The first kappa shape index (κ1) is 19.1. The minimum Gasteiger partial charge on any atom is -0.462 e. The first-order valence-electron chi connectivity index (χ1n) is 8.21. The van der Waals surface area contributed by atoms with Crippen LogP contribution < -0.4 is 4.74 Å². The van der Waals surface area contributed by atoms with Crippen LogP contribution in [0.2, 0.25) is 0 Å². The number of ether oxygens (including phenoxy) is 2. The summed E-state index contributed by atoms with van der Waals surface area (Å²) >= 11 is 0. The van der Waals surface area contributed by atoms with Crippen molar-refractivity contribution in [2.75, 3.05) is 0 Å². The number of unbranched alkanes of at least 4 members (excludes halogenated alkanes) is 1. The fraction of sp³-hybridized carbons (Fsp3) is 0.556. The average Bonchev–Trinajstić information content (AvgIpc) is 2.53. The highest BCUT2D eigenvalue weighted by Gasteiger charge is 2.16. The highest BCUT2D eigenvalue weighted by atomic mass is 19.1. The zero-order valence-corrected chi connectivity index (χ0v) is 13.8. The normalized spacial score (nSPS) is 11.8. The number of rotatable bonds is 10. The summed E-state index contributed by atoms with van der Waals surface area (Å²) in [5.41, 5.74) is 0. The van der Waals surface area contributed by atoms with E-state index in [1.807, 2.05) is 6.92 Å². The van der Waals surface area contributed by atoms with Crippen molar-refractivity contribution >= 4 is 11.9 Å². The molecule has 1 rings (SSSR count). The predicted molar refractivity (Wildman–Crippen MR) is 85.6 cm³/mol. The van der Waals surface area contributed by atoms with E-state index in [4.69, 9.17) is 9.47 Å². The zero-order valence-electron chi connectivity index (χ0n) is 13.8. The lowest BCUT2D eigenvalue weighted by Crippen LogP contribution is -2.19. The van der Waals surface area contributed by atoms with E-state index in [-0.39, 0.29) is 24.7 Å². The van der Waals surface area contributed by atoms with Crippen molar-refractivity contribution in [3.63, 3.8) is 0 Å². The molecule has 0 saturated carbocycles. The van der Waals surface area contributed by atoms with Gasteiger partial charge in [-0.1, -0.05) is 45.2 Å². The van der Waals surface area contributed by atoms with Crippen molar-refractivity contribution in [1.29, 1.82) is 0 Å². The lowest BCUT2D eigenvalue weighted by atomic mass is 10.1. The molecule has 0 aliphatic heterocycles. The van der Waals surface area contributed by atoms with Crippen molar-refractivity contribution in [3.05, 3.63) is 30.1 Å². The molecular weight excluding hydrogens is 299 g/mol. The third kappa shape index (κ3) is 7.77. The van der Waals surface area contributed by atoms with E-state index in [2.05, 4.69) is 6.92 Å². The molecule has 0 N–H and O–H groups in total. The van der Waals surface area contributed by atoms with E-state index >= 15 is 0 Å². The molecule has 0 fully saturated rings. The van der Waals surface area contributed by atoms with Crippen LogP contribution in [0.25, 0.3) is 0 Å². The fourth-order valence-electron chi connectivity index (χ4n) is 2.17. The second kappa shape index (κ2) is 10.8. The summed E-state index contributed by atoms with van der Waals surface area (Å²) in [4.78, 5) is 23.5. The molecule has 0 aromatic heterocycles. The highest BCUT2D eigenvalue weighted by molar-refractivity contribution is 5.79. The minimum atomic E-state index is -0.646. The van der Waals surface area contributed by atoms with E-state index in [1.165, 1.54) is 18.2 Å². The zero-order chi connectivity index (χ0) is 17.1. The lowest BCUT2D eigenvalue weighted by Gasteiger charge is -2.16. The molecule has 1 aromatic rings. The predicted octanol–water partition coefficient (Wildman–Crippen LogP) is 4.41. The Kier molecular flexibility index (Phi) is 8.95. The van der Waals surface area contributed by atoms with Gasteiger partial charge in [0.2, 0.25) is 0 Å². The van der Waals surface area contributed by atoms with Crippen molar-refractivity contribution < 1.29 is 23.5 Å². The Morgan fingerprint density at radius 2 is 1.74 bits per heavy atom. The summed E-state index contributed by atoms with van der Waals surface area (Å²) in [5.74, 6) is -1.79. The molecule has 128 valence electrons. The number of hydrogen-bond acceptors (Lipinski definition) is 4. The van der Waals surface area contributed by atoms with Crippen molar-refractivity contribution in [3.8, 4) is 5.75 Å².